The van der Waals surface area contributed by atoms with Gasteiger partial charge in [0.25, 0.3) is 0 Å². The maximum atomic E-state index is 13.0. The Kier molecular flexibility index (Phi) is 6.74. The number of aryl methyl sites for hydroxylation is 3. The van der Waals surface area contributed by atoms with E-state index >= 15 is 0 Å². The molecule has 0 radical (unpaired) electrons. The number of hydrogen-bond donors (Lipinski definition) is 1. The average molecular weight is 407 g/mol. The molecule has 4 nitrogen and oxygen atoms in total. The lowest BCUT2D eigenvalue weighted by molar-refractivity contribution is 0.206. The van der Waals surface area contributed by atoms with Crippen molar-refractivity contribution in [2.75, 3.05) is 19.6 Å². The third-order valence-electron chi connectivity index (χ3n) is 5.56. The zero-order valence-electron chi connectivity index (χ0n) is 16.5. The Morgan fingerprint density at radius 1 is 1.04 bits per heavy atom. The molecule has 1 aromatic heterocycles. The number of nitrogens with zero attached hydrogens (tertiary/aromatic N) is 1. The number of sulfonamides is 1. The summed E-state index contributed by atoms with van der Waals surface area (Å²) in [7, 11) is -3.54. The van der Waals surface area contributed by atoms with Crippen molar-refractivity contribution in [1.82, 2.24) is 9.62 Å². The maximum Gasteiger partial charge on any atom is 0.240 e. The second kappa shape index (κ2) is 8.86. The minimum absolute atomic E-state index is 0.0935. The molecular formula is C21H30N2O2S2. The summed E-state index contributed by atoms with van der Waals surface area (Å²) in [6, 6.07) is 5.96. The van der Waals surface area contributed by atoms with Gasteiger partial charge in [0.1, 0.15) is 0 Å². The monoisotopic (exact) mass is 406 g/mol. The lowest BCUT2D eigenvalue weighted by Gasteiger charge is -2.30. The van der Waals surface area contributed by atoms with Gasteiger partial charge in [-0.2, -0.15) is 11.3 Å². The summed E-state index contributed by atoms with van der Waals surface area (Å²) in [6.07, 6.45) is 4.90. The summed E-state index contributed by atoms with van der Waals surface area (Å²) in [6.45, 7) is 8.31. The minimum Gasteiger partial charge on any atom is -0.295 e. The van der Waals surface area contributed by atoms with E-state index in [1.165, 1.54) is 31.2 Å². The van der Waals surface area contributed by atoms with E-state index in [2.05, 4.69) is 26.4 Å². The highest BCUT2D eigenvalue weighted by molar-refractivity contribution is 7.89. The Bertz CT molecular complexity index is 853. The predicted molar refractivity (Wildman–Crippen MR) is 113 cm³/mol. The highest BCUT2D eigenvalue weighted by Crippen LogP contribution is 2.27. The molecule has 1 N–H and O–H groups in total. The fourth-order valence-corrected chi connectivity index (χ4v) is 5.87. The van der Waals surface area contributed by atoms with Gasteiger partial charge in [-0.15, -0.1) is 0 Å². The first-order valence-corrected chi connectivity index (χ1v) is 12.1. The predicted octanol–water partition coefficient (Wildman–Crippen LogP) is 4.57. The molecule has 0 spiro atoms. The van der Waals surface area contributed by atoms with Gasteiger partial charge in [-0.3, -0.25) is 4.90 Å². The molecule has 2 aromatic rings. The van der Waals surface area contributed by atoms with Gasteiger partial charge in [0.2, 0.25) is 10.0 Å². The summed E-state index contributed by atoms with van der Waals surface area (Å²) in [5, 5.41) is 4.22. The van der Waals surface area contributed by atoms with Gasteiger partial charge in [0.05, 0.1) is 4.90 Å². The van der Waals surface area contributed by atoms with Crippen molar-refractivity contribution in [3.05, 3.63) is 51.2 Å². The number of rotatable bonds is 6. The van der Waals surface area contributed by atoms with Crippen molar-refractivity contribution in [3.8, 4) is 0 Å². The van der Waals surface area contributed by atoms with Crippen molar-refractivity contribution in [2.45, 2.75) is 57.4 Å². The fraction of sp³-hybridized carbons (Fsp3) is 0.524. The third kappa shape index (κ3) is 4.99. The summed E-state index contributed by atoms with van der Waals surface area (Å²) in [4.78, 5) is 2.84. The van der Waals surface area contributed by atoms with Gasteiger partial charge in [-0.1, -0.05) is 18.9 Å². The van der Waals surface area contributed by atoms with E-state index in [1.807, 2.05) is 26.8 Å². The smallest absolute Gasteiger partial charge is 0.240 e. The van der Waals surface area contributed by atoms with Crippen LogP contribution in [0.2, 0.25) is 0 Å². The van der Waals surface area contributed by atoms with E-state index in [9.17, 15) is 8.42 Å². The van der Waals surface area contributed by atoms with Crippen molar-refractivity contribution in [1.29, 1.82) is 0 Å². The largest absolute Gasteiger partial charge is 0.295 e. The quantitative estimate of drug-likeness (QED) is 0.764. The average Bonchev–Trinajstić information content (AvgIpc) is 3.01. The molecule has 0 amide bonds. The highest BCUT2D eigenvalue weighted by atomic mass is 32.2. The first-order chi connectivity index (χ1) is 12.9. The van der Waals surface area contributed by atoms with E-state index < -0.39 is 10.0 Å². The number of hydrogen-bond acceptors (Lipinski definition) is 4. The van der Waals surface area contributed by atoms with Crippen LogP contribution in [-0.4, -0.2) is 33.0 Å². The molecule has 2 heterocycles. The van der Waals surface area contributed by atoms with Crippen LogP contribution in [0.5, 0.6) is 0 Å². The normalized spacial score (nSPS) is 17.6. The van der Waals surface area contributed by atoms with Crippen LogP contribution < -0.4 is 4.72 Å². The van der Waals surface area contributed by atoms with Gasteiger partial charge in [0, 0.05) is 12.6 Å². The minimum atomic E-state index is -3.54. The number of thiophene rings is 1. The molecule has 148 valence electrons. The van der Waals surface area contributed by atoms with Crippen molar-refractivity contribution in [2.24, 2.45) is 0 Å². The summed E-state index contributed by atoms with van der Waals surface area (Å²) in [5.41, 5.74) is 4.13. The fourth-order valence-electron chi connectivity index (χ4n) is 3.82. The molecule has 27 heavy (non-hydrogen) atoms. The molecule has 6 heteroatoms. The van der Waals surface area contributed by atoms with Gasteiger partial charge in [-0.25, -0.2) is 13.1 Å². The zero-order chi connectivity index (χ0) is 19.4. The Balaban J connectivity index is 1.81. The van der Waals surface area contributed by atoms with Crippen LogP contribution in [0.3, 0.4) is 0 Å². The summed E-state index contributed by atoms with van der Waals surface area (Å²) >= 11 is 1.67. The van der Waals surface area contributed by atoms with Crippen molar-refractivity contribution < 1.29 is 8.42 Å². The SMILES string of the molecule is Cc1cc(C)c(S(=O)(=O)NCC(c2ccsc2)N2CCCCCC2)cc1C. The summed E-state index contributed by atoms with van der Waals surface area (Å²) < 4.78 is 28.9. The molecule has 1 aliphatic rings. The molecule has 0 aliphatic carbocycles. The summed E-state index contributed by atoms with van der Waals surface area (Å²) in [5.74, 6) is 0. The van der Waals surface area contributed by atoms with Crippen molar-refractivity contribution >= 4 is 21.4 Å². The Morgan fingerprint density at radius 2 is 1.70 bits per heavy atom. The molecule has 1 aliphatic heterocycles. The van der Waals surface area contributed by atoms with E-state index in [1.54, 1.807) is 17.4 Å². The first kappa shape index (κ1) is 20.5. The van der Waals surface area contributed by atoms with E-state index in [0.29, 0.717) is 11.4 Å². The first-order valence-electron chi connectivity index (χ1n) is 9.72. The Morgan fingerprint density at radius 3 is 2.33 bits per heavy atom. The molecule has 0 bridgehead atoms. The van der Waals surface area contributed by atoms with Crippen LogP contribution in [-0.2, 0) is 10.0 Å². The van der Waals surface area contributed by atoms with Crippen LogP contribution >= 0.6 is 11.3 Å². The standard InChI is InChI=1S/C21H30N2O2S2/c1-16-12-18(3)21(13-17(16)2)27(24,25)22-14-20(19-8-11-26-15-19)23-9-6-4-5-7-10-23/h8,11-13,15,20,22H,4-7,9-10,14H2,1-3H3. The van der Waals surface area contributed by atoms with Crippen molar-refractivity contribution in [3.63, 3.8) is 0 Å². The Labute approximate surface area is 167 Å². The van der Waals surface area contributed by atoms with Gasteiger partial charge < -0.3 is 0 Å². The topological polar surface area (TPSA) is 49.4 Å². The highest BCUT2D eigenvalue weighted by Gasteiger charge is 2.25. The molecular weight excluding hydrogens is 376 g/mol. The van der Waals surface area contributed by atoms with Crippen LogP contribution in [0, 0.1) is 20.8 Å². The van der Waals surface area contributed by atoms with Gasteiger partial charge in [-0.05, 0) is 91.8 Å². The van der Waals surface area contributed by atoms with Crippen LogP contribution in [0.15, 0.2) is 33.9 Å². The zero-order valence-corrected chi connectivity index (χ0v) is 18.1. The van der Waals surface area contributed by atoms with Crippen LogP contribution in [0.4, 0.5) is 0 Å². The molecule has 1 unspecified atom stereocenters. The van der Waals surface area contributed by atoms with Gasteiger partial charge >= 0.3 is 0 Å². The number of nitrogens with one attached hydrogen (secondary N) is 1. The number of likely N-dealkylation sites (tertiary alicyclic amines) is 1. The van der Waals surface area contributed by atoms with Gasteiger partial charge in [0.15, 0.2) is 0 Å². The molecule has 1 atom stereocenters. The second-order valence-electron chi connectivity index (χ2n) is 7.58. The van der Waals surface area contributed by atoms with E-state index in [0.717, 1.165) is 29.8 Å². The number of benzene rings is 1. The molecule has 1 saturated heterocycles. The van der Waals surface area contributed by atoms with Crippen LogP contribution in [0.25, 0.3) is 0 Å². The molecule has 1 fully saturated rings. The second-order valence-corrected chi connectivity index (χ2v) is 10.1. The molecule has 1 aromatic carbocycles. The lowest BCUT2D eigenvalue weighted by atomic mass is 10.1. The van der Waals surface area contributed by atoms with E-state index in [4.69, 9.17) is 0 Å². The third-order valence-corrected chi connectivity index (χ3v) is 7.82. The Hall–Kier alpha value is -1.21. The molecule has 0 saturated carbocycles. The maximum absolute atomic E-state index is 13.0. The van der Waals surface area contributed by atoms with E-state index in [-0.39, 0.29) is 6.04 Å². The molecule has 3 rings (SSSR count). The van der Waals surface area contributed by atoms with Crippen LogP contribution in [0.1, 0.15) is 54.0 Å². The lowest BCUT2D eigenvalue weighted by Crippen LogP contribution is -2.38.